The molecular formula is C9H14N4O. The average Bonchev–Trinajstić information content (AvgIpc) is 2.78. The first-order chi connectivity index (χ1) is 6.76. The summed E-state index contributed by atoms with van der Waals surface area (Å²) < 4.78 is 0. The SMILES string of the molecule is NCC1(CNC(=O)c2ccn[nH]2)CC1. The minimum absolute atomic E-state index is 0.109. The fourth-order valence-corrected chi connectivity index (χ4v) is 1.38. The number of nitrogens with one attached hydrogen (secondary N) is 2. The number of H-pyrrole nitrogens is 1. The number of aromatic amines is 1. The number of carbonyl (C=O) groups excluding carboxylic acids is 1. The van der Waals surface area contributed by atoms with Crippen molar-refractivity contribution in [3.05, 3.63) is 18.0 Å². The minimum Gasteiger partial charge on any atom is -0.350 e. The summed E-state index contributed by atoms with van der Waals surface area (Å²) >= 11 is 0. The molecule has 1 fully saturated rings. The van der Waals surface area contributed by atoms with Gasteiger partial charge in [0.05, 0.1) is 0 Å². The fraction of sp³-hybridized carbons (Fsp3) is 0.556. The van der Waals surface area contributed by atoms with Crippen LogP contribution in [0.5, 0.6) is 0 Å². The van der Waals surface area contributed by atoms with Gasteiger partial charge in [-0.3, -0.25) is 9.89 Å². The van der Waals surface area contributed by atoms with Crippen LogP contribution in [0, 0.1) is 5.41 Å². The van der Waals surface area contributed by atoms with Gasteiger partial charge in [-0.2, -0.15) is 5.10 Å². The highest BCUT2D eigenvalue weighted by molar-refractivity contribution is 5.92. The van der Waals surface area contributed by atoms with Crippen LogP contribution in [0.2, 0.25) is 0 Å². The molecule has 2 rings (SSSR count). The molecule has 1 saturated carbocycles. The first kappa shape index (κ1) is 9.21. The van der Waals surface area contributed by atoms with Crippen molar-refractivity contribution in [2.75, 3.05) is 13.1 Å². The van der Waals surface area contributed by atoms with Crippen molar-refractivity contribution in [1.82, 2.24) is 15.5 Å². The van der Waals surface area contributed by atoms with E-state index in [4.69, 9.17) is 5.73 Å². The molecule has 1 aliphatic carbocycles. The zero-order valence-electron chi connectivity index (χ0n) is 7.92. The molecule has 0 atom stereocenters. The van der Waals surface area contributed by atoms with E-state index in [9.17, 15) is 4.79 Å². The molecule has 1 aliphatic rings. The van der Waals surface area contributed by atoms with E-state index in [2.05, 4.69) is 15.5 Å². The number of nitrogens with zero attached hydrogens (tertiary/aromatic N) is 1. The first-order valence-corrected chi connectivity index (χ1v) is 4.73. The van der Waals surface area contributed by atoms with Crippen LogP contribution < -0.4 is 11.1 Å². The summed E-state index contributed by atoms with van der Waals surface area (Å²) in [7, 11) is 0. The predicted octanol–water partition coefficient (Wildman–Crippen LogP) is -0.122. The van der Waals surface area contributed by atoms with Crippen molar-refractivity contribution >= 4 is 5.91 Å². The number of hydrogen-bond acceptors (Lipinski definition) is 3. The molecule has 1 aromatic rings. The Morgan fingerprint density at radius 3 is 3.00 bits per heavy atom. The molecule has 0 saturated heterocycles. The van der Waals surface area contributed by atoms with Gasteiger partial charge in [-0.05, 0) is 25.5 Å². The van der Waals surface area contributed by atoms with Gasteiger partial charge < -0.3 is 11.1 Å². The third kappa shape index (κ3) is 1.77. The van der Waals surface area contributed by atoms with Gasteiger partial charge in [0.2, 0.25) is 0 Å². The Labute approximate surface area is 82.1 Å². The average molecular weight is 194 g/mol. The van der Waals surface area contributed by atoms with Crippen molar-refractivity contribution in [3.63, 3.8) is 0 Å². The summed E-state index contributed by atoms with van der Waals surface area (Å²) in [6, 6.07) is 1.65. The number of rotatable bonds is 4. The van der Waals surface area contributed by atoms with Gasteiger partial charge in [-0.1, -0.05) is 0 Å². The van der Waals surface area contributed by atoms with Gasteiger partial charge in [-0.25, -0.2) is 0 Å². The molecule has 5 heteroatoms. The normalized spacial score (nSPS) is 17.8. The summed E-state index contributed by atoms with van der Waals surface area (Å²) in [5.41, 5.74) is 6.28. The van der Waals surface area contributed by atoms with Gasteiger partial charge in [0.25, 0.3) is 5.91 Å². The Morgan fingerprint density at radius 2 is 2.50 bits per heavy atom. The molecule has 0 radical (unpaired) electrons. The highest BCUT2D eigenvalue weighted by Crippen LogP contribution is 2.43. The molecule has 0 unspecified atom stereocenters. The molecule has 5 nitrogen and oxygen atoms in total. The Kier molecular flexibility index (Phi) is 2.25. The van der Waals surface area contributed by atoms with Crippen LogP contribution in [0.25, 0.3) is 0 Å². The molecule has 1 amide bonds. The lowest BCUT2D eigenvalue weighted by molar-refractivity contribution is 0.0940. The smallest absolute Gasteiger partial charge is 0.269 e. The van der Waals surface area contributed by atoms with E-state index in [1.165, 1.54) is 0 Å². The molecule has 4 N–H and O–H groups in total. The third-order valence-corrected chi connectivity index (χ3v) is 2.76. The van der Waals surface area contributed by atoms with Crippen LogP contribution in [-0.2, 0) is 0 Å². The number of amides is 1. The first-order valence-electron chi connectivity index (χ1n) is 4.73. The molecule has 1 aromatic heterocycles. The van der Waals surface area contributed by atoms with Gasteiger partial charge in [0.15, 0.2) is 0 Å². The number of nitrogens with two attached hydrogens (primary N) is 1. The Hall–Kier alpha value is -1.36. The molecule has 1 heterocycles. The highest BCUT2D eigenvalue weighted by Gasteiger charge is 2.41. The number of aromatic nitrogens is 2. The quantitative estimate of drug-likeness (QED) is 0.624. The lowest BCUT2D eigenvalue weighted by Gasteiger charge is -2.12. The molecule has 0 spiro atoms. The molecule has 0 aliphatic heterocycles. The highest BCUT2D eigenvalue weighted by atomic mass is 16.1. The second-order valence-corrected chi connectivity index (χ2v) is 3.86. The zero-order valence-corrected chi connectivity index (χ0v) is 7.92. The Morgan fingerprint density at radius 1 is 1.71 bits per heavy atom. The second kappa shape index (κ2) is 3.42. The van der Waals surface area contributed by atoms with Gasteiger partial charge in [-0.15, -0.1) is 0 Å². The van der Waals surface area contributed by atoms with Crippen LogP contribution in [-0.4, -0.2) is 29.2 Å². The Bertz CT molecular complexity index is 316. The number of hydrogen-bond donors (Lipinski definition) is 3. The predicted molar refractivity (Wildman–Crippen MR) is 51.6 cm³/mol. The number of carbonyl (C=O) groups is 1. The summed E-state index contributed by atoms with van der Waals surface area (Å²) in [6.45, 7) is 1.32. The van der Waals surface area contributed by atoms with Crippen molar-refractivity contribution in [2.24, 2.45) is 11.1 Å². The summed E-state index contributed by atoms with van der Waals surface area (Å²) in [6.07, 6.45) is 3.80. The molecule has 14 heavy (non-hydrogen) atoms. The van der Waals surface area contributed by atoms with Gasteiger partial charge in [0.1, 0.15) is 5.69 Å². The van der Waals surface area contributed by atoms with Gasteiger partial charge >= 0.3 is 0 Å². The van der Waals surface area contributed by atoms with Crippen molar-refractivity contribution in [3.8, 4) is 0 Å². The third-order valence-electron chi connectivity index (χ3n) is 2.76. The lowest BCUT2D eigenvalue weighted by Crippen LogP contribution is -2.34. The van der Waals surface area contributed by atoms with Crippen LogP contribution in [0.3, 0.4) is 0 Å². The monoisotopic (exact) mass is 194 g/mol. The van der Waals surface area contributed by atoms with E-state index >= 15 is 0 Å². The van der Waals surface area contributed by atoms with E-state index in [0.717, 1.165) is 12.8 Å². The van der Waals surface area contributed by atoms with Crippen LogP contribution in [0.15, 0.2) is 12.3 Å². The van der Waals surface area contributed by atoms with Crippen LogP contribution >= 0.6 is 0 Å². The van der Waals surface area contributed by atoms with Crippen molar-refractivity contribution in [2.45, 2.75) is 12.8 Å². The lowest BCUT2D eigenvalue weighted by atomic mass is 10.1. The van der Waals surface area contributed by atoms with E-state index in [-0.39, 0.29) is 11.3 Å². The summed E-state index contributed by atoms with van der Waals surface area (Å²) in [4.78, 5) is 11.5. The molecule has 0 bridgehead atoms. The van der Waals surface area contributed by atoms with E-state index < -0.39 is 0 Å². The maximum atomic E-state index is 11.5. The topological polar surface area (TPSA) is 83.8 Å². The summed E-state index contributed by atoms with van der Waals surface area (Å²) in [5, 5.41) is 9.18. The van der Waals surface area contributed by atoms with E-state index in [0.29, 0.717) is 18.8 Å². The molecular weight excluding hydrogens is 180 g/mol. The molecule has 0 aromatic carbocycles. The van der Waals surface area contributed by atoms with E-state index in [1.54, 1.807) is 12.3 Å². The maximum Gasteiger partial charge on any atom is 0.269 e. The largest absolute Gasteiger partial charge is 0.350 e. The van der Waals surface area contributed by atoms with E-state index in [1.807, 2.05) is 0 Å². The van der Waals surface area contributed by atoms with Crippen LogP contribution in [0.4, 0.5) is 0 Å². The minimum atomic E-state index is -0.109. The summed E-state index contributed by atoms with van der Waals surface area (Å²) in [5.74, 6) is -0.109. The van der Waals surface area contributed by atoms with Crippen LogP contribution in [0.1, 0.15) is 23.3 Å². The standard InChI is InChI=1S/C9H14N4O/c10-5-9(2-3-9)6-11-8(14)7-1-4-12-13-7/h1,4H,2-3,5-6,10H2,(H,11,14)(H,12,13). The zero-order chi connectivity index (χ0) is 10.0. The van der Waals surface area contributed by atoms with Crippen molar-refractivity contribution < 1.29 is 4.79 Å². The molecule has 76 valence electrons. The Balaban J connectivity index is 1.84. The second-order valence-electron chi connectivity index (χ2n) is 3.86. The fourth-order valence-electron chi connectivity index (χ4n) is 1.38. The van der Waals surface area contributed by atoms with Gasteiger partial charge in [0, 0.05) is 18.2 Å². The van der Waals surface area contributed by atoms with Crippen molar-refractivity contribution in [1.29, 1.82) is 0 Å². The maximum absolute atomic E-state index is 11.5.